The summed E-state index contributed by atoms with van der Waals surface area (Å²) in [4.78, 5) is 13.9. The molecule has 6 nitrogen and oxygen atoms in total. The number of nitriles is 1. The summed E-state index contributed by atoms with van der Waals surface area (Å²) in [7, 11) is 0. The first-order valence-corrected chi connectivity index (χ1v) is 12.0. The molecule has 0 saturated heterocycles. The number of amides is 1. The number of fused-ring (bicyclic) bond motifs is 1. The minimum Gasteiger partial charge on any atom is -0.316 e. The molecule has 1 saturated carbocycles. The number of aromatic nitrogens is 3. The smallest absolute Gasteiger partial charge is 0.235 e. The Kier molecular flexibility index (Phi) is 5.32. The molecule has 5 rings (SSSR count). The lowest BCUT2D eigenvalue weighted by molar-refractivity contribution is -0.113. The standard InChI is InChI=1S/C22H21N5OS2/c23-12-17-16-8-4-5-9-18(16)30-21(17)24-19(28)13-29-22-26-25-20(14-10-11-14)27(22)15-6-2-1-3-7-15/h1-3,6-7,14H,4-5,8-11,13H2,(H,24,28). The lowest BCUT2D eigenvalue weighted by Gasteiger charge is -2.10. The minimum absolute atomic E-state index is 0.120. The molecule has 0 aliphatic heterocycles. The maximum absolute atomic E-state index is 12.7. The van der Waals surface area contributed by atoms with Crippen LogP contribution in [0.4, 0.5) is 5.00 Å². The molecule has 2 aliphatic carbocycles. The average Bonchev–Trinajstić information content (AvgIpc) is 3.43. The fourth-order valence-electron chi connectivity index (χ4n) is 3.87. The molecule has 2 aromatic heterocycles. The van der Waals surface area contributed by atoms with Crippen LogP contribution in [0.5, 0.6) is 0 Å². The fourth-order valence-corrected chi connectivity index (χ4v) is 5.88. The number of aryl methyl sites for hydroxylation is 1. The van der Waals surface area contributed by atoms with Gasteiger partial charge in [-0.25, -0.2) is 0 Å². The van der Waals surface area contributed by atoms with Gasteiger partial charge >= 0.3 is 0 Å². The van der Waals surface area contributed by atoms with E-state index in [-0.39, 0.29) is 11.7 Å². The number of hydrogen-bond donors (Lipinski definition) is 1. The first-order chi connectivity index (χ1) is 14.7. The number of anilines is 1. The van der Waals surface area contributed by atoms with Crippen molar-refractivity contribution < 1.29 is 4.79 Å². The first kappa shape index (κ1) is 19.3. The summed E-state index contributed by atoms with van der Waals surface area (Å²) in [5, 5.41) is 22.7. The monoisotopic (exact) mass is 435 g/mol. The Balaban J connectivity index is 1.32. The van der Waals surface area contributed by atoms with E-state index in [9.17, 15) is 10.1 Å². The van der Waals surface area contributed by atoms with Gasteiger partial charge in [0.2, 0.25) is 5.91 Å². The van der Waals surface area contributed by atoms with Crippen LogP contribution in [-0.2, 0) is 17.6 Å². The van der Waals surface area contributed by atoms with E-state index in [0.29, 0.717) is 16.5 Å². The van der Waals surface area contributed by atoms with Crippen molar-refractivity contribution in [3.05, 3.63) is 52.2 Å². The molecular formula is C22H21N5OS2. The number of rotatable bonds is 6. The van der Waals surface area contributed by atoms with E-state index in [4.69, 9.17) is 0 Å². The SMILES string of the molecule is N#Cc1c(NC(=O)CSc2nnc(C3CC3)n2-c2ccccc2)sc2c1CCCC2. The van der Waals surface area contributed by atoms with Crippen LogP contribution in [0, 0.1) is 11.3 Å². The largest absolute Gasteiger partial charge is 0.316 e. The molecule has 1 amide bonds. The van der Waals surface area contributed by atoms with E-state index < -0.39 is 0 Å². The molecule has 30 heavy (non-hydrogen) atoms. The Labute approximate surface area is 183 Å². The van der Waals surface area contributed by atoms with Crippen LogP contribution in [0.2, 0.25) is 0 Å². The van der Waals surface area contributed by atoms with Gasteiger partial charge in [-0.3, -0.25) is 9.36 Å². The molecule has 8 heteroatoms. The maximum Gasteiger partial charge on any atom is 0.235 e. The van der Waals surface area contributed by atoms with Crippen molar-refractivity contribution in [1.29, 1.82) is 5.26 Å². The summed E-state index contributed by atoms with van der Waals surface area (Å²) in [5.41, 5.74) is 2.80. The number of nitrogens with one attached hydrogen (secondary N) is 1. The Hall–Kier alpha value is -2.63. The Morgan fingerprint density at radius 1 is 1.23 bits per heavy atom. The molecular weight excluding hydrogens is 414 g/mol. The molecule has 1 N–H and O–H groups in total. The molecule has 2 heterocycles. The zero-order valence-corrected chi connectivity index (χ0v) is 18.1. The van der Waals surface area contributed by atoms with Crippen molar-refractivity contribution in [2.45, 2.75) is 49.6 Å². The van der Waals surface area contributed by atoms with E-state index in [2.05, 4.69) is 26.2 Å². The number of carbonyl (C=O) groups excluding carboxylic acids is 1. The van der Waals surface area contributed by atoms with Crippen LogP contribution in [0.25, 0.3) is 5.69 Å². The summed E-state index contributed by atoms with van der Waals surface area (Å²) in [6, 6.07) is 12.3. The highest BCUT2D eigenvalue weighted by atomic mass is 32.2. The lowest BCUT2D eigenvalue weighted by atomic mass is 9.96. The minimum atomic E-state index is -0.120. The van der Waals surface area contributed by atoms with Crippen molar-refractivity contribution in [2.24, 2.45) is 0 Å². The van der Waals surface area contributed by atoms with Crippen LogP contribution < -0.4 is 5.32 Å². The molecule has 0 radical (unpaired) electrons. The molecule has 0 atom stereocenters. The van der Waals surface area contributed by atoms with Gasteiger partial charge in [-0.05, 0) is 56.2 Å². The van der Waals surface area contributed by atoms with Crippen LogP contribution in [0.3, 0.4) is 0 Å². The van der Waals surface area contributed by atoms with Gasteiger partial charge in [0.25, 0.3) is 0 Å². The molecule has 152 valence electrons. The van der Waals surface area contributed by atoms with Gasteiger partial charge in [-0.1, -0.05) is 30.0 Å². The summed E-state index contributed by atoms with van der Waals surface area (Å²) >= 11 is 2.94. The fraction of sp³-hybridized carbons (Fsp3) is 0.364. The summed E-state index contributed by atoms with van der Waals surface area (Å²) in [5.74, 6) is 1.53. The Bertz CT molecular complexity index is 1120. The average molecular weight is 436 g/mol. The van der Waals surface area contributed by atoms with Crippen LogP contribution >= 0.6 is 23.1 Å². The second kappa shape index (κ2) is 8.25. The summed E-state index contributed by atoms with van der Waals surface area (Å²) < 4.78 is 2.07. The van der Waals surface area contributed by atoms with Crippen molar-refractivity contribution in [1.82, 2.24) is 14.8 Å². The van der Waals surface area contributed by atoms with Crippen LogP contribution in [-0.4, -0.2) is 26.4 Å². The number of hydrogen-bond acceptors (Lipinski definition) is 6. The molecule has 1 aromatic carbocycles. The van der Waals surface area contributed by atoms with Gasteiger partial charge in [0.1, 0.15) is 16.9 Å². The van der Waals surface area contributed by atoms with Crippen molar-refractivity contribution in [3.8, 4) is 11.8 Å². The molecule has 2 aliphatic rings. The first-order valence-electron chi connectivity index (χ1n) is 10.2. The van der Waals surface area contributed by atoms with Gasteiger partial charge in [-0.2, -0.15) is 5.26 Å². The van der Waals surface area contributed by atoms with Gasteiger partial charge in [0.05, 0.1) is 11.3 Å². The molecule has 0 bridgehead atoms. The van der Waals surface area contributed by atoms with Gasteiger partial charge in [0.15, 0.2) is 5.16 Å². The summed E-state index contributed by atoms with van der Waals surface area (Å²) in [6.45, 7) is 0. The second-order valence-corrected chi connectivity index (χ2v) is 9.70. The predicted octanol–water partition coefficient (Wildman–Crippen LogP) is 4.69. The van der Waals surface area contributed by atoms with E-state index >= 15 is 0 Å². The number of para-hydroxylation sites is 1. The molecule has 3 aromatic rings. The second-order valence-electron chi connectivity index (χ2n) is 7.65. The van der Waals surface area contributed by atoms with Crippen LogP contribution in [0.15, 0.2) is 35.5 Å². The highest BCUT2D eigenvalue weighted by Crippen LogP contribution is 2.41. The topological polar surface area (TPSA) is 83.6 Å². The third-order valence-corrected chi connectivity index (χ3v) is 7.62. The Morgan fingerprint density at radius 3 is 2.80 bits per heavy atom. The van der Waals surface area contributed by atoms with Gasteiger partial charge in [0, 0.05) is 16.5 Å². The molecule has 1 fully saturated rings. The number of nitrogens with zero attached hydrogens (tertiary/aromatic N) is 4. The van der Waals surface area contributed by atoms with E-state index in [1.165, 1.54) is 16.6 Å². The number of benzene rings is 1. The van der Waals surface area contributed by atoms with E-state index in [1.807, 2.05) is 30.3 Å². The van der Waals surface area contributed by atoms with E-state index in [1.54, 1.807) is 11.3 Å². The number of thioether (sulfide) groups is 1. The molecule has 0 unspecified atom stereocenters. The quantitative estimate of drug-likeness (QED) is 0.568. The van der Waals surface area contributed by atoms with Gasteiger partial charge < -0.3 is 5.32 Å². The van der Waals surface area contributed by atoms with E-state index in [0.717, 1.165) is 60.8 Å². The summed E-state index contributed by atoms with van der Waals surface area (Å²) in [6.07, 6.45) is 6.47. The normalized spacial score (nSPS) is 15.4. The lowest BCUT2D eigenvalue weighted by Crippen LogP contribution is -2.14. The molecule has 0 spiro atoms. The Morgan fingerprint density at radius 2 is 2.03 bits per heavy atom. The van der Waals surface area contributed by atoms with Crippen molar-refractivity contribution >= 4 is 34.0 Å². The zero-order valence-electron chi connectivity index (χ0n) is 16.4. The number of thiophene rings is 1. The number of carbonyl (C=O) groups is 1. The third-order valence-electron chi connectivity index (χ3n) is 5.48. The highest BCUT2D eigenvalue weighted by molar-refractivity contribution is 7.99. The third kappa shape index (κ3) is 3.75. The predicted molar refractivity (Wildman–Crippen MR) is 118 cm³/mol. The zero-order chi connectivity index (χ0) is 20.5. The highest BCUT2D eigenvalue weighted by Gasteiger charge is 2.31. The van der Waals surface area contributed by atoms with Crippen LogP contribution in [0.1, 0.15) is 53.4 Å². The van der Waals surface area contributed by atoms with Crippen molar-refractivity contribution in [2.75, 3.05) is 11.1 Å². The van der Waals surface area contributed by atoms with Gasteiger partial charge in [-0.15, -0.1) is 21.5 Å². The van der Waals surface area contributed by atoms with Crippen molar-refractivity contribution in [3.63, 3.8) is 0 Å². The maximum atomic E-state index is 12.7.